The molecule has 38 heavy (non-hydrogen) atoms. The van der Waals surface area contributed by atoms with Crippen LogP contribution in [0.1, 0.15) is 62.5 Å². The molecule has 7 nitrogen and oxygen atoms in total. The molecule has 2 aromatic carbocycles. The molecule has 1 heterocycles. The monoisotopic (exact) mass is 545 g/mol. The molecule has 0 aliphatic heterocycles. The van der Waals surface area contributed by atoms with Crippen LogP contribution >= 0.6 is 0 Å². The van der Waals surface area contributed by atoms with Crippen molar-refractivity contribution < 1.29 is 26.7 Å². The highest BCUT2D eigenvalue weighted by molar-refractivity contribution is 7.90. The molecular formula is C28H33F2N3O4S. The van der Waals surface area contributed by atoms with Crippen LogP contribution in [0.3, 0.4) is 0 Å². The van der Waals surface area contributed by atoms with Crippen molar-refractivity contribution in [3.05, 3.63) is 77.6 Å². The summed E-state index contributed by atoms with van der Waals surface area (Å²) in [6.07, 6.45) is 12.3. The molecule has 0 saturated heterocycles. The van der Waals surface area contributed by atoms with Gasteiger partial charge in [0.2, 0.25) is 5.91 Å². The fraction of sp³-hybridized carbons (Fsp3) is 0.429. The number of hydrogen-bond donors (Lipinski definition) is 1. The van der Waals surface area contributed by atoms with E-state index in [-0.39, 0.29) is 12.8 Å². The van der Waals surface area contributed by atoms with Crippen molar-refractivity contribution >= 4 is 15.9 Å². The van der Waals surface area contributed by atoms with E-state index in [0.29, 0.717) is 31.0 Å². The first kappa shape index (κ1) is 27.8. The number of amides is 1. The zero-order valence-electron chi connectivity index (χ0n) is 21.2. The van der Waals surface area contributed by atoms with Crippen molar-refractivity contribution in [2.45, 2.75) is 69.2 Å². The summed E-state index contributed by atoms with van der Waals surface area (Å²) in [5.41, 5.74) is 1.78. The Kier molecular flexibility index (Phi) is 9.49. The highest BCUT2D eigenvalue weighted by Gasteiger charge is 2.20. The predicted molar refractivity (Wildman–Crippen MR) is 139 cm³/mol. The smallest absolute Gasteiger partial charge is 0.264 e. The van der Waals surface area contributed by atoms with E-state index in [1.807, 2.05) is 35.2 Å². The fourth-order valence-corrected chi connectivity index (χ4v) is 5.83. The molecule has 1 aliphatic carbocycles. The molecule has 1 amide bonds. The number of sulfonamides is 1. The SMILES string of the molecule is O=C(CCc1ccc(Cn2cccn2)cc1OCCCC1CCCCC1)NS(=O)(=O)c1ccc(F)c(F)c1. The number of rotatable bonds is 12. The molecule has 3 aromatic rings. The Morgan fingerprint density at radius 2 is 1.89 bits per heavy atom. The van der Waals surface area contributed by atoms with E-state index in [2.05, 4.69) is 5.10 Å². The van der Waals surface area contributed by atoms with Crippen LogP contribution in [-0.2, 0) is 27.8 Å². The van der Waals surface area contributed by atoms with E-state index in [4.69, 9.17) is 4.74 Å². The van der Waals surface area contributed by atoms with Crippen molar-refractivity contribution in [1.29, 1.82) is 0 Å². The van der Waals surface area contributed by atoms with Crippen LogP contribution in [0.2, 0.25) is 0 Å². The molecule has 204 valence electrons. The number of benzene rings is 2. The Labute approximate surface area is 222 Å². The molecule has 0 radical (unpaired) electrons. The number of aromatic nitrogens is 2. The van der Waals surface area contributed by atoms with Gasteiger partial charge in [-0.3, -0.25) is 9.48 Å². The van der Waals surface area contributed by atoms with Gasteiger partial charge in [0.05, 0.1) is 18.0 Å². The highest BCUT2D eigenvalue weighted by atomic mass is 32.2. The summed E-state index contributed by atoms with van der Waals surface area (Å²) in [6.45, 7) is 1.13. The predicted octanol–water partition coefficient (Wildman–Crippen LogP) is 5.39. The van der Waals surface area contributed by atoms with Crippen LogP contribution < -0.4 is 9.46 Å². The van der Waals surface area contributed by atoms with Gasteiger partial charge in [0, 0.05) is 18.8 Å². The van der Waals surface area contributed by atoms with Crippen LogP contribution in [0.15, 0.2) is 59.8 Å². The van der Waals surface area contributed by atoms with Crippen LogP contribution in [0.4, 0.5) is 8.78 Å². The number of aryl methyl sites for hydroxylation is 1. The normalized spacial score (nSPS) is 14.4. The van der Waals surface area contributed by atoms with E-state index in [0.717, 1.165) is 36.0 Å². The molecule has 1 aliphatic rings. The quantitative estimate of drug-likeness (QED) is 0.309. The maximum atomic E-state index is 13.5. The third kappa shape index (κ3) is 7.86. The Morgan fingerprint density at radius 1 is 1.08 bits per heavy atom. The maximum Gasteiger partial charge on any atom is 0.264 e. The second kappa shape index (κ2) is 13.0. The average molecular weight is 546 g/mol. The Bertz CT molecular complexity index is 1320. The van der Waals surface area contributed by atoms with Crippen molar-refractivity contribution in [2.24, 2.45) is 5.92 Å². The van der Waals surface area contributed by atoms with Crippen molar-refractivity contribution in [2.75, 3.05) is 6.61 Å². The van der Waals surface area contributed by atoms with Gasteiger partial charge in [-0.25, -0.2) is 21.9 Å². The number of hydrogen-bond acceptors (Lipinski definition) is 5. The highest BCUT2D eigenvalue weighted by Crippen LogP contribution is 2.28. The van der Waals surface area contributed by atoms with Gasteiger partial charge in [0.1, 0.15) is 5.75 Å². The van der Waals surface area contributed by atoms with E-state index in [1.54, 1.807) is 10.9 Å². The molecule has 1 saturated carbocycles. The maximum absolute atomic E-state index is 13.5. The van der Waals surface area contributed by atoms with Gasteiger partial charge in [-0.05, 0) is 66.6 Å². The summed E-state index contributed by atoms with van der Waals surface area (Å²) in [4.78, 5) is 12.0. The van der Waals surface area contributed by atoms with E-state index in [1.165, 1.54) is 32.1 Å². The lowest BCUT2D eigenvalue weighted by molar-refractivity contribution is -0.119. The minimum Gasteiger partial charge on any atom is -0.493 e. The second-order valence-electron chi connectivity index (χ2n) is 9.75. The molecule has 1 fully saturated rings. The molecule has 1 N–H and O–H groups in total. The second-order valence-corrected chi connectivity index (χ2v) is 11.4. The molecule has 0 unspecified atom stereocenters. The van der Waals surface area contributed by atoms with E-state index >= 15 is 0 Å². The Morgan fingerprint density at radius 3 is 2.63 bits per heavy atom. The van der Waals surface area contributed by atoms with Gasteiger partial charge < -0.3 is 4.74 Å². The summed E-state index contributed by atoms with van der Waals surface area (Å²) < 4.78 is 61.4. The zero-order valence-corrected chi connectivity index (χ0v) is 22.1. The van der Waals surface area contributed by atoms with Gasteiger partial charge in [-0.15, -0.1) is 0 Å². The van der Waals surface area contributed by atoms with Gasteiger partial charge >= 0.3 is 0 Å². The van der Waals surface area contributed by atoms with Crippen molar-refractivity contribution in [3.8, 4) is 5.75 Å². The van der Waals surface area contributed by atoms with E-state index < -0.39 is 32.5 Å². The summed E-state index contributed by atoms with van der Waals surface area (Å²) in [5, 5.41) is 4.24. The summed E-state index contributed by atoms with van der Waals surface area (Å²) in [5.74, 6) is -1.80. The average Bonchev–Trinajstić information content (AvgIpc) is 3.41. The van der Waals surface area contributed by atoms with Crippen LogP contribution in [0.5, 0.6) is 5.75 Å². The van der Waals surface area contributed by atoms with Crippen LogP contribution in [-0.4, -0.2) is 30.7 Å². The van der Waals surface area contributed by atoms with E-state index in [9.17, 15) is 22.0 Å². The molecule has 4 rings (SSSR count). The summed E-state index contributed by atoms with van der Waals surface area (Å²) >= 11 is 0. The summed E-state index contributed by atoms with van der Waals surface area (Å²) in [6, 6.07) is 9.76. The Balaban J connectivity index is 1.38. The van der Waals surface area contributed by atoms with Gasteiger partial charge in [-0.2, -0.15) is 5.10 Å². The molecule has 10 heteroatoms. The number of carbonyl (C=O) groups is 1. The topological polar surface area (TPSA) is 90.3 Å². The number of nitrogens with zero attached hydrogens (tertiary/aromatic N) is 2. The van der Waals surface area contributed by atoms with Gasteiger partial charge in [0.25, 0.3) is 10.0 Å². The third-order valence-electron chi connectivity index (χ3n) is 6.85. The number of ether oxygens (including phenoxy) is 1. The molecule has 0 atom stereocenters. The summed E-state index contributed by atoms with van der Waals surface area (Å²) in [7, 11) is -4.32. The first-order chi connectivity index (χ1) is 18.3. The number of nitrogens with one attached hydrogen (secondary N) is 1. The fourth-order valence-electron chi connectivity index (χ4n) is 4.80. The molecule has 1 aromatic heterocycles. The van der Waals surface area contributed by atoms with Crippen molar-refractivity contribution in [3.63, 3.8) is 0 Å². The lowest BCUT2D eigenvalue weighted by atomic mass is 9.86. The first-order valence-electron chi connectivity index (χ1n) is 13.0. The lowest BCUT2D eigenvalue weighted by Gasteiger charge is -2.21. The molecule has 0 spiro atoms. The van der Waals surface area contributed by atoms with Gasteiger partial charge in [-0.1, -0.05) is 44.2 Å². The number of carbonyl (C=O) groups excluding carboxylic acids is 1. The third-order valence-corrected chi connectivity index (χ3v) is 8.22. The van der Waals surface area contributed by atoms with Crippen molar-refractivity contribution in [1.82, 2.24) is 14.5 Å². The lowest BCUT2D eigenvalue weighted by Crippen LogP contribution is -2.30. The minimum atomic E-state index is -4.32. The van der Waals surface area contributed by atoms with Gasteiger partial charge in [0.15, 0.2) is 11.6 Å². The molecule has 0 bridgehead atoms. The Hall–Kier alpha value is -3.27. The van der Waals surface area contributed by atoms with Crippen LogP contribution in [0, 0.1) is 17.6 Å². The van der Waals surface area contributed by atoms with Crippen LogP contribution in [0.25, 0.3) is 0 Å². The number of halogens is 2. The largest absolute Gasteiger partial charge is 0.493 e. The minimum absolute atomic E-state index is 0.125. The molecular weight excluding hydrogens is 512 g/mol. The standard InChI is InChI=1S/C28H33F2N3O4S/c29-25-13-12-24(19-26(25)30)38(35,36)32-28(34)14-11-23-10-9-22(20-33-16-5-15-31-33)18-27(23)37-17-4-8-21-6-2-1-3-7-21/h5,9-10,12-13,15-16,18-19,21H,1-4,6-8,11,14,17,20H2,(H,32,34). The zero-order chi connectivity index (χ0) is 27.0. The first-order valence-corrected chi connectivity index (χ1v) is 14.5.